The molecule has 1 saturated carbocycles. The van der Waals surface area contributed by atoms with E-state index in [2.05, 4.69) is 41.5 Å². The molecule has 2 aliphatic rings. The third-order valence-corrected chi connectivity index (χ3v) is 6.59. The number of hydrogen-bond donors (Lipinski definition) is 1. The third-order valence-electron chi connectivity index (χ3n) is 6.59. The molecule has 1 N–H and O–H groups in total. The van der Waals surface area contributed by atoms with Gasteiger partial charge in [-0.2, -0.15) is 0 Å². The van der Waals surface area contributed by atoms with Crippen molar-refractivity contribution in [1.29, 1.82) is 0 Å². The topological polar surface area (TPSA) is 24.5 Å². The van der Waals surface area contributed by atoms with E-state index in [4.69, 9.17) is 4.74 Å². The Hall–Kier alpha value is -1.06. The SMILES string of the molecule is COc1ccc(CN(C)CCCC2CCC3(CCNCC3)CC2)cc1. The van der Waals surface area contributed by atoms with Crippen LogP contribution < -0.4 is 10.1 Å². The molecule has 2 fully saturated rings. The Morgan fingerprint density at radius 2 is 1.76 bits per heavy atom. The molecule has 3 rings (SSSR count). The van der Waals surface area contributed by atoms with E-state index < -0.39 is 0 Å². The van der Waals surface area contributed by atoms with Crippen LogP contribution in [0.3, 0.4) is 0 Å². The molecule has 1 aromatic rings. The van der Waals surface area contributed by atoms with Crippen molar-refractivity contribution >= 4 is 0 Å². The lowest BCUT2D eigenvalue weighted by Crippen LogP contribution is -2.39. The van der Waals surface area contributed by atoms with Gasteiger partial charge in [0.2, 0.25) is 0 Å². The summed E-state index contributed by atoms with van der Waals surface area (Å²) in [6.07, 6.45) is 11.5. The molecule has 3 heteroatoms. The number of nitrogens with one attached hydrogen (secondary N) is 1. The molecule has 1 spiro atoms. The number of benzene rings is 1. The predicted octanol–water partition coefficient (Wildman–Crippen LogP) is 4.47. The van der Waals surface area contributed by atoms with E-state index in [-0.39, 0.29) is 0 Å². The maximum Gasteiger partial charge on any atom is 0.118 e. The molecule has 0 radical (unpaired) electrons. The number of rotatable bonds is 7. The fourth-order valence-electron chi connectivity index (χ4n) is 4.81. The molecule has 1 aliphatic heterocycles. The van der Waals surface area contributed by atoms with Crippen molar-refractivity contribution in [3.63, 3.8) is 0 Å². The van der Waals surface area contributed by atoms with Crippen LogP contribution in [0.15, 0.2) is 24.3 Å². The van der Waals surface area contributed by atoms with Crippen molar-refractivity contribution in [1.82, 2.24) is 10.2 Å². The molecule has 1 aliphatic carbocycles. The van der Waals surface area contributed by atoms with Crippen molar-refractivity contribution in [2.75, 3.05) is 33.8 Å². The lowest BCUT2D eigenvalue weighted by Gasteiger charge is -2.43. The molecule has 1 saturated heterocycles. The maximum absolute atomic E-state index is 5.23. The van der Waals surface area contributed by atoms with Crippen molar-refractivity contribution < 1.29 is 4.74 Å². The van der Waals surface area contributed by atoms with E-state index in [0.29, 0.717) is 5.41 Å². The Kier molecular flexibility index (Phi) is 6.77. The van der Waals surface area contributed by atoms with Crippen LogP contribution in [-0.4, -0.2) is 38.7 Å². The minimum Gasteiger partial charge on any atom is -0.497 e. The Morgan fingerprint density at radius 3 is 2.40 bits per heavy atom. The highest BCUT2D eigenvalue weighted by Crippen LogP contribution is 2.45. The third kappa shape index (κ3) is 5.46. The molecule has 140 valence electrons. The molecule has 0 amide bonds. The van der Waals surface area contributed by atoms with Gasteiger partial charge in [-0.15, -0.1) is 0 Å². The molecular weight excluding hydrogens is 308 g/mol. The smallest absolute Gasteiger partial charge is 0.118 e. The fourth-order valence-corrected chi connectivity index (χ4v) is 4.81. The van der Waals surface area contributed by atoms with Crippen LogP contribution in [0.4, 0.5) is 0 Å². The van der Waals surface area contributed by atoms with Crippen LogP contribution in [0.1, 0.15) is 56.9 Å². The van der Waals surface area contributed by atoms with Gasteiger partial charge in [0.05, 0.1) is 7.11 Å². The lowest BCUT2D eigenvalue weighted by atomic mass is 9.65. The van der Waals surface area contributed by atoms with Crippen LogP contribution >= 0.6 is 0 Å². The van der Waals surface area contributed by atoms with Gasteiger partial charge in [-0.05, 0) is 107 Å². The number of ether oxygens (including phenoxy) is 1. The molecule has 1 aromatic carbocycles. The first kappa shape index (κ1) is 18.7. The molecular formula is C22H36N2O. The van der Waals surface area contributed by atoms with Crippen molar-refractivity contribution in [3.8, 4) is 5.75 Å². The zero-order chi connectivity index (χ0) is 17.5. The van der Waals surface area contributed by atoms with Crippen LogP contribution in [0.25, 0.3) is 0 Å². The number of hydrogen-bond acceptors (Lipinski definition) is 3. The molecule has 1 heterocycles. The minimum absolute atomic E-state index is 0.715. The van der Waals surface area contributed by atoms with Crippen LogP contribution in [0.5, 0.6) is 5.75 Å². The van der Waals surface area contributed by atoms with E-state index >= 15 is 0 Å². The summed E-state index contributed by atoms with van der Waals surface area (Å²) in [5.41, 5.74) is 2.08. The second-order valence-electron chi connectivity index (χ2n) is 8.42. The number of nitrogens with zero attached hydrogens (tertiary/aromatic N) is 1. The summed E-state index contributed by atoms with van der Waals surface area (Å²) in [6.45, 7) is 4.74. The Bertz CT molecular complexity index is 497. The standard InChI is InChI=1S/C22H36N2O/c1-24(18-20-5-7-21(25-2)8-6-20)17-3-4-19-9-11-22(12-10-19)13-15-23-16-14-22/h5-8,19,23H,3-4,9-18H2,1-2H3. The molecule has 0 bridgehead atoms. The lowest BCUT2D eigenvalue weighted by molar-refractivity contribution is 0.100. The summed E-state index contributed by atoms with van der Waals surface area (Å²) >= 11 is 0. The van der Waals surface area contributed by atoms with Crippen LogP contribution in [0.2, 0.25) is 0 Å². The number of methoxy groups -OCH3 is 1. The predicted molar refractivity (Wildman–Crippen MR) is 105 cm³/mol. The second-order valence-corrected chi connectivity index (χ2v) is 8.42. The molecule has 25 heavy (non-hydrogen) atoms. The summed E-state index contributed by atoms with van der Waals surface area (Å²) in [4.78, 5) is 2.46. The largest absolute Gasteiger partial charge is 0.497 e. The summed E-state index contributed by atoms with van der Waals surface area (Å²) in [5.74, 6) is 1.92. The highest BCUT2D eigenvalue weighted by molar-refractivity contribution is 5.27. The summed E-state index contributed by atoms with van der Waals surface area (Å²) in [7, 11) is 3.97. The zero-order valence-electron chi connectivity index (χ0n) is 16.2. The van der Waals surface area contributed by atoms with Gasteiger partial charge in [-0.1, -0.05) is 12.1 Å². The van der Waals surface area contributed by atoms with Gasteiger partial charge in [0, 0.05) is 6.54 Å². The fraction of sp³-hybridized carbons (Fsp3) is 0.727. The monoisotopic (exact) mass is 344 g/mol. The van der Waals surface area contributed by atoms with E-state index in [1.54, 1.807) is 7.11 Å². The first-order valence-corrected chi connectivity index (χ1v) is 10.2. The molecule has 3 nitrogen and oxygen atoms in total. The van der Waals surface area contributed by atoms with E-state index in [1.807, 2.05) is 0 Å². The van der Waals surface area contributed by atoms with Gasteiger partial charge < -0.3 is 15.0 Å². The van der Waals surface area contributed by atoms with Gasteiger partial charge >= 0.3 is 0 Å². The summed E-state index contributed by atoms with van der Waals surface area (Å²) in [6, 6.07) is 8.47. The Labute approximate surface area is 154 Å². The first-order valence-electron chi connectivity index (χ1n) is 10.2. The highest BCUT2D eigenvalue weighted by Gasteiger charge is 2.35. The van der Waals surface area contributed by atoms with Crippen LogP contribution in [0, 0.1) is 11.3 Å². The van der Waals surface area contributed by atoms with E-state index in [0.717, 1.165) is 18.2 Å². The number of piperidine rings is 1. The summed E-state index contributed by atoms with van der Waals surface area (Å²) < 4.78 is 5.23. The second kappa shape index (κ2) is 9.05. The highest BCUT2D eigenvalue weighted by atomic mass is 16.5. The van der Waals surface area contributed by atoms with Crippen LogP contribution in [-0.2, 0) is 6.54 Å². The minimum atomic E-state index is 0.715. The van der Waals surface area contributed by atoms with Gasteiger partial charge in [0.25, 0.3) is 0 Å². The first-order chi connectivity index (χ1) is 12.2. The van der Waals surface area contributed by atoms with Crippen molar-refractivity contribution in [2.24, 2.45) is 11.3 Å². The van der Waals surface area contributed by atoms with Gasteiger partial charge in [-0.3, -0.25) is 0 Å². The zero-order valence-corrected chi connectivity index (χ0v) is 16.2. The maximum atomic E-state index is 5.23. The van der Waals surface area contributed by atoms with E-state index in [1.165, 1.54) is 76.6 Å². The van der Waals surface area contributed by atoms with Gasteiger partial charge in [-0.25, -0.2) is 0 Å². The normalized spacial score (nSPS) is 20.9. The average molecular weight is 345 g/mol. The van der Waals surface area contributed by atoms with Gasteiger partial charge in [0.1, 0.15) is 5.75 Å². The van der Waals surface area contributed by atoms with E-state index in [9.17, 15) is 0 Å². The van der Waals surface area contributed by atoms with Crippen molar-refractivity contribution in [2.45, 2.75) is 57.9 Å². The summed E-state index contributed by atoms with van der Waals surface area (Å²) in [5, 5.41) is 3.53. The quantitative estimate of drug-likeness (QED) is 0.790. The molecule has 0 aromatic heterocycles. The molecule has 0 unspecified atom stereocenters. The van der Waals surface area contributed by atoms with Gasteiger partial charge in [0.15, 0.2) is 0 Å². The Balaban J connectivity index is 1.32. The Morgan fingerprint density at radius 1 is 1.08 bits per heavy atom. The van der Waals surface area contributed by atoms with Crippen molar-refractivity contribution in [3.05, 3.63) is 29.8 Å². The average Bonchev–Trinajstić information content (AvgIpc) is 2.65. The molecule has 0 atom stereocenters.